The van der Waals surface area contributed by atoms with E-state index in [2.05, 4.69) is 32.2 Å². The maximum Gasteiger partial charge on any atom is 0.261 e. The number of halogens is 1. The Morgan fingerprint density at radius 1 is 1.05 bits per heavy atom. The Balaban J connectivity index is 0.919. The summed E-state index contributed by atoms with van der Waals surface area (Å²) < 4.78 is 7.61. The Labute approximate surface area is 335 Å². The van der Waals surface area contributed by atoms with E-state index in [0.29, 0.717) is 48.3 Å². The van der Waals surface area contributed by atoms with Crippen LogP contribution in [0.2, 0.25) is 5.02 Å². The van der Waals surface area contributed by atoms with Crippen LogP contribution in [0, 0.1) is 25.2 Å². The number of amides is 5. The van der Waals surface area contributed by atoms with Crippen molar-refractivity contribution < 1.29 is 33.8 Å². The molecule has 16 nitrogen and oxygen atoms in total. The zero-order valence-corrected chi connectivity index (χ0v) is 32.6. The number of nitrogens with one attached hydrogen (secondary N) is 3. The van der Waals surface area contributed by atoms with E-state index < -0.39 is 48.5 Å². The number of aliphatic hydroxyl groups excluding tert-OH is 1. The van der Waals surface area contributed by atoms with Gasteiger partial charge in [0.2, 0.25) is 17.7 Å². The first-order valence-electron chi connectivity index (χ1n) is 18.4. The topological polar surface area (TPSA) is 221 Å². The number of unbranched alkanes of at least 4 members (excludes halogenated alkanes) is 1. The van der Waals surface area contributed by atoms with Gasteiger partial charge < -0.3 is 20.5 Å². The third kappa shape index (κ3) is 7.88. The SMILES string of the molecule is Cc1c(CC#N)sc2c1C(c1ccc(Cl)cc1)=N[C@@H](CC(=O)NCCCCNC(=O)COc1cccc3c1C(=O)N(C1CCC(=O)NC1=O)C3O)c1nnc(C)n1-2. The summed E-state index contributed by atoms with van der Waals surface area (Å²) in [5.74, 6) is -1.16. The van der Waals surface area contributed by atoms with E-state index in [4.69, 9.17) is 21.3 Å². The van der Waals surface area contributed by atoms with Gasteiger partial charge in [-0.15, -0.1) is 21.5 Å². The molecule has 0 spiro atoms. The van der Waals surface area contributed by atoms with Crippen molar-refractivity contribution in [2.24, 2.45) is 4.99 Å². The first kappa shape index (κ1) is 39.3. The van der Waals surface area contributed by atoms with Gasteiger partial charge >= 0.3 is 0 Å². The number of fused-ring (bicyclic) bond motifs is 4. The standard InChI is InChI=1S/C39H38ClN9O7S/c1-20-28(14-15-41)57-39-32(20)34(22-8-10-23(40)11-9-22)44-25(35-47-46-21(2)48(35)39)18-30(51)42-16-3-4-17-43-31(52)19-56-27-7-5-6-24-33(27)38(55)49(37(24)54)26-12-13-29(50)45-36(26)53/h5-11,25-26,37,54H,3-4,12-14,16-19H2,1-2H3,(H,42,51)(H,43,52)(H,45,50,53)/t25-,26?,37?/m0/s1. The molecule has 3 aliphatic heterocycles. The smallest absolute Gasteiger partial charge is 0.261 e. The van der Waals surface area contributed by atoms with Crippen molar-refractivity contribution in [2.75, 3.05) is 19.7 Å². The molecule has 294 valence electrons. The molecule has 18 heteroatoms. The Hall–Kier alpha value is -5.96. The molecule has 4 aromatic rings. The van der Waals surface area contributed by atoms with Crippen LogP contribution in [0.15, 0.2) is 47.5 Å². The van der Waals surface area contributed by atoms with Crippen molar-refractivity contribution >= 4 is 58.2 Å². The van der Waals surface area contributed by atoms with Gasteiger partial charge in [-0.25, -0.2) is 0 Å². The zero-order chi connectivity index (χ0) is 40.4. The number of aliphatic imine (C=N–C) groups is 1. The van der Waals surface area contributed by atoms with Crippen LogP contribution in [0.3, 0.4) is 0 Å². The molecule has 2 aromatic carbocycles. The molecule has 1 saturated heterocycles. The first-order chi connectivity index (χ1) is 27.5. The van der Waals surface area contributed by atoms with Crippen molar-refractivity contribution in [1.29, 1.82) is 5.26 Å². The van der Waals surface area contributed by atoms with Crippen LogP contribution in [-0.2, 0) is 25.6 Å². The number of piperidine rings is 1. The Kier molecular flexibility index (Phi) is 11.5. The van der Waals surface area contributed by atoms with E-state index in [9.17, 15) is 34.3 Å². The Bertz CT molecular complexity index is 2350. The largest absolute Gasteiger partial charge is 0.483 e. The van der Waals surface area contributed by atoms with Crippen molar-refractivity contribution in [2.45, 2.75) is 70.7 Å². The van der Waals surface area contributed by atoms with Gasteiger partial charge in [0.25, 0.3) is 11.8 Å². The first-order valence-corrected chi connectivity index (χ1v) is 19.5. The predicted octanol–water partition coefficient (Wildman–Crippen LogP) is 3.29. The molecule has 0 aliphatic carbocycles. The summed E-state index contributed by atoms with van der Waals surface area (Å²) in [6, 6.07) is 12.5. The van der Waals surface area contributed by atoms with Crippen LogP contribution >= 0.6 is 22.9 Å². The summed E-state index contributed by atoms with van der Waals surface area (Å²) in [5, 5.41) is 38.5. The van der Waals surface area contributed by atoms with Crippen LogP contribution in [0.25, 0.3) is 5.00 Å². The fraction of sp³-hybridized carbons (Fsp3) is 0.359. The van der Waals surface area contributed by atoms with E-state index in [0.717, 1.165) is 31.5 Å². The number of rotatable bonds is 13. The molecule has 2 unspecified atom stereocenters. The van der Waals surface area contributed by atoms with Gasteiger partial charge in [-0.1, -0.05) is 35.9 Å². The number of ether oxygens (including phenoxy) is 1. The Morgan fingerprint density at radius 2 is 1.79 bits per heavy atom. The highest BCUT2D eigenvalue weighted by Crippen LogP contribution is 2.41. The van der Waals surface area contributed by atoms with Crippen molar-refractivity contribution in [1.82, 2.24) is 35.6 Å². The second kappa shape index (κ2) is 16.6. The molecule has 7 rings (SSSR count). The molecule has 3 atom stereocenters. The number of hydrogen-bond acceptors (Lipinski definition) is 12. The molecule has 0 radical (unpaired) electrons. The van der Waals surface area contributed by atoms with Crippen LogP contribution in [0.1, 0.15) is 93.5 Å². The number of thiophene rings is 1. The van der Waals surface area contributed by atoms with Gasteiger partial charge in [0, 0.05) is 46.1 Å². The lowest BCUT2D eigenvalue weighted by Crippen LogP contribution is -2.53. The summed E-state index contributed by atoms with van der Waals surface area (Å²) in [6.07, 6.45) is 0.0865. The second-order valence-corrected chi connectivity index (χ2v) is 15.3. The summed E-state index contributed by atoms with van der Waals surface area (Å²) in [7, 11) is 0. The molecule has 0 bridgehead atoms. The highest BCUT2D eigenvalue weighted by Gasteiger charge is 2.46. The monoisotopic (exact) mass is 811 g/mol. The molecule has 0 saturated carbocycles. The van der Waals surface area contributed by atoms with Gasteiger partial charge in [-0.05, 0) is 56.9 Å². The number of hydrogen-bond donors (Lipinski definition) is 4. The van der Waals surface area contributed by atoms with Gasteiger partial charge in [-0.2, -0.15) is 5.26 Å². The minimum atomic E-state index is -1.41. The molecule has 2 aromatic heterocycles. The van der Waals surface area contributed by atoms with Crippen molar-refractivity contribution in [3.63, 3.8) is 0 Å². The number of imide groups is 1. The third-order valence-electron chi connectivity index (χ3n) is 10.0. The maximum atomic E-state index is 13.3. The number of benzene rings is 2. The zero-order valence-electron chi connectivity index (χ0n) is 31.0. The second-order valence-electron chi connectivity index (χ2n) is 13.8. The van der Waals surface area contributed by atoms with E-state index >= 15 is 0 Å². The molecule has 5 heterocycles. The van der Waals surface area contributed by atoms with E-state index in [1.165, 1.54) is 17.4 Å². The average molecular weight is 812 g/mol. The third-order valence-corrected chi connectivity index (χ3v) is 11.6. The summed E-state index contributed by atoms with van der Waals surface area (Å²) in [6.45, 7) is 4.07. The van der Waals surface area contributed by atoms with E-state index in [1.54, 1.807) is 24.3 Å². The van der Waals surface area contributed by atoms with Gasteiger partial charge in [0.1, 0.15) is 28.7 Å². The highest BCUT2D eigenvalue weighted by molar-refractivity contribution is 7.15. The number of nitrogens with zero attached hydrogens (tertiary/aromatic N) is 6. The number of carbonyl (C=O) groups excluding carboxylic acids is 5. The molecular formula is C39H38ClN9O7S. The molecule has 57 heavy (non-hydrogen) atoms. The van der Waals surface area contributed by atoms with Crippen LogP contribution in [0.4, 0.5) is 0 Å². The van der Waals surface area contributed by atoms with Crippen LogP contribution in [0.5, 0.6) is 5.75 Å². The molecule has 4 N–H and O–H groups in total. The number of aryl methyl sites for hydroxylation is 1. The minimum Gasteiger partial charge on any atom is -0.483 e. The number of aromatic nitrogens is 3. The predicted molar refractivity (Wildman–Crippen MR) is 207 cm³/mol. The quantitative estimate of drug-likeness (QED) is 0.114. The lowest BCUT2D eigenvalue weighted by molar-refractivity contribution is -0.139. The Morgan fingerprint density at radius 3 is 2.51 bits per heavy atom. The van der Waals surface area contributed by atoms with Crippen molar-refractivity contribution in [3.05, 3.63) is 91.8 Å². The van der Waals surface area contributed by atoms with Crippen molar-refractivity contribution in [3.8, 4) is 16.8 Å². The lowest BCUT2D eigenvalue weighted by atomic mass is 9.99. The molecule has 5 amide bonds. The fourth-order valence-corrected chi connectivity index (χ4v) is 8.64. The fourth-order valence-electron chi connectivity index (χ4n) is 7.22. The highest BCUT2D eigenvalue weighted by atomic mass is 35.5. The van der Waals surface area contributed by atoms with Gasteiger partial charge in [0.15, 0.2) is 18.7 Å². The van der Waals surface area contributed by atoms with Crippen LogP contribution in [-0.4, -0.2) is 85.8 Å². The summed E-state index contributed by atoms with van der Waals surface area (Å²) in [4.78, 5) is 70.4. The molecular weight excluding hydrogens is 774 g/mol. The average Bonchev–Trinajstić information content (AvgIpc) is 3.77. The minimum absolute atomic E-state index is 0.0103. The molecule has 1 fully saturated rings. The number of nitriles is 1. The summed E-state index contributed by atoms with van der Waals surface area (Å²) >= 11 is 7.70. The van der Waals surface area contributed by atoms with Gasteiger partial charge in [-0.3, -0.25) is 43.7 Å². The lowest BCUT2D eigenvalue weighted by Gasteiger charge is -2.31. The number of carbonyl (C=O) groups is 5. The maximum absolute atomic E-state index is 13.3. The normalized spacial score (nSPS) is 18.4. The van der Waals surface area contributed by atoms with Crippen LogP contribution < -0.4 is 20.7 Å². The van der Waals surface area contributed by atoms with E-state index in [-0.39, 0.29) is 48.5 Å². The molecule has 3 aliphatic rings. The number of aliphatic hydroxyl groups is 1. The van der Waals surface area contributed by atoms with E-state index in [1.807, 2.05) is 30.5 Å². The summed E-state index contributed by atoms with van der Waals surface area (Å²) in [5.41, 5.74) is 3.59. The van der Waals surface area contributed by atoms with Gasteiger partial charge in [0.05, 0.1) is 30.2 Å².